The van der Waals surface area contributed by atoms with Crippen LogP contribution in [0.25, 0.3) is 0 Å². The minimum atomic E-state index is -1.10. The van der Waals surface area contributed by atoms with E-state index in [1.807, 2.05) is 14.7 Å². The van der Waals surface area contributed by atoms with Gasteiger partial charge in [-0.1, -0.05) is 6.92 Å². The standard InChI is InChI=1S/C18H35N4O5.Gd/c1-15(2)22-10-8-20(13-17(24)25)6-4-19(12-16(3)23)5-7-21(9-11-22)14-18(26)27;/h15-16H,4-14H2,1-3H3,(H,24,25)(H,26,27);/q-1;+3/p-1. The topological polar surface area (TPSA) is 113 Å². The summed E-state index contributed by atoms with van der Waals surface area (Å²) in [5, 5.41) is 31.9. The maximum absolute atomic E-state index is 11.6. The van der Waals surface area contributed by atoms with E-state index in [2.05, 4.69) is 18.7 Å². The fourth-order valence-corrected chi connectivity index (χ4v) is 3.31. The molecule has 1 atom stereocenters. The van der Waals surface area contributed by atoms with Gasteiger partial charge in [-0.25, -0.2) is 0 Å². The number of carboxylic acid groups (broad SMARTS) is 2. The minimum absolute atomic E-state index is 0. The van der Waals surface area contributed by atoms with Crippen molar-refractivity contribution < 1.29 is 64.8 Å². The number of carbonyl (C=O) groups excluding carboxylic acids is 1. The van der Waals surface area contributed by atoms with Crippen molar-refractivity contribution >= 4 is 11.9 Å². The number of hydrogen-bond donors (Lipinski definition) is 1. The van der Waals surface area contributed by atoms with Crippen LogP contribution in [-0.4, -0.2) is 121 Å². The summed E-state index contributed by atoms with van der Waals surface area (Å²) in [7, 11) is 0. The number of nitrogens with zero attached hydrogens (tertiary/aromatic N) is 4. The van der Waals surface area contributed by atoms with E-state index in [-0.39, 0.29) is 59.1 Å². The molecule has 1 aliphatic rings. The maximum atomic E-state index is 11.6. The van der Waals surface area contributed by atoms with Crippen molar-refractivity contribution in [3.63, 3.8) is 0 Å². The van der Waals surface area contributed by atoms with Crippen LogP contribution in [0.2, 0.25) is 0 Å². The van der Waals surface area contributed by atoms with Gasteiger partial charge in [-0.15, -0.1) is 6.10 Å². The van der Waals surface area contributed by atoms with E-state index in [0.717, 1.165) is 0 Å². The van der Waals surface area contributed by atoms with Gasteiger partial charge in [0.2, 0.25) is 0 Å². The molecule has 1 saturated heterocycles. The van der Waals surface area contributed by atoms with Gasteiger partial charge in [0.15, 0.2) is 0 Å². The monoisotopic (exact) mass is 544 g/mol. The Balaban J connectivity index is 0.00000729. The van der Waals surface area contributed by atoms with Crippen molar-refractivity contribution in [1.29, 1.82) is 0 Å². The molecule has 0 aromatic rings. The third-order valence-electron chi connectivity index (χ3n) is 4.83. The number of aliphatic carboxylic acids is 2. The van der Waals surface area contributed by atoms with Crippen LogP contribution in [0.1, 0.15) is 20.8 Å². The molecule has 1 rings (SSSR count). The second-order valence-corrected chi connectivity index (χ2v) is 7.56. The van der Waals surface area contributed by atoms with Crippen LogP contribution in [0.3, 0.4) is 0 Å². The molecule has 0 aromatic heterocycles. The van der Waals surface area contributed by atoms with Crippen LogP contribution in [0.4, 0.5) is 0 Å². The number of carboxylic acids is 2. The molecule has 10 heteroatoms. The van der Waals surface area contributed by atoms with Gasteiger partial charge in [0, 0.05) is 64.9 Å². The van der Waals surface area contributed by atoms with Gasteiger partial charge < -0.3 is 25.0 Å². The first-order valence-electron chi connectivity index (χ1n) is 9.66. The summed E-state index contributed by atoms with van der Waals surface area (Å²) in [6, 6.07) is 0.280. The third kappa shape index (κ3) is 12.6. The molecular formula is C18H34GdN4O5+. The minimum Gasteiger partial charge on any atom is -0.851 e. The molecule has 0 amide bonds. The first kappa shape index (κ1) is 28.1. The predicted molar refractivity (Wildman–Crippen MR) is 98.1 cm³/mol. The first-order chi connectivity index (χ1) is 12.7. The second kappa shape index (κ2) is 15.0. The molecule has 0 saturated carbocycles. The van der Waals surface area contributed by atoms with Gasteiger partial charge in [0.25, 0.3) is 0 Å². The fraction of sp³-hybridized carbons (Fsp3) is 0.889. The number of hydrogen-bond acceptors (Lipinski definition) is 8. The molecular weight excluding hydrogens is 509 g/mol. The van der Waals surface area contributed by atoms with Crippen LogP contribution in [-0.2, 0) is 9.59 Å². The molecule has 1 fully saturated rings. The zero-order chi connectivity index (χ0) is 20.4. The van der Waals surface area contributed by atoms with Crippen molar-refractivity contribution in [3.8, 4) is 0 Å². The summed E-state index contributed by atoms with van der Waals surface area (Å²) in [4.78, 5) is 30.2. The van der Waals surface area contributed by atoms with Crippen LogP contribution in [0.5, 0.6) is 0 Å². The summed E-state index contributed by atoms with van der Waals surface area (Å²) in [6.07, 6.45) is -0.753. The Bertz CT molecular complexity index is 435. The Hall–Kier alpha value is 0.0647. The van der Waals surface area contributed by atoms with E-state index in [4.69, 9.17) is 0 Å². The molecule has 1 N–H and O–H groups in total. The van der Waals surface area contributed by atoms with Crippen molar-refractivity contribution in [3.05, 3.63) is 0 Å². The van der Waals surface area contributed by atoms with E-state index in [9.17, 15) is 24.9 Å². The van der Waals surface area contributed by atoms with Crippen LogP contribution in [0, 0.1) is 39.9 Å². The average molecular weight is 544 g/mol. The first-order valence-corrected chi connectivity index (χ1v) is 9.66. The third-order valence-corrected chi connectivity index (χ3v) is 4.83. The molecule has 9 nitrogen and oxygen atoms in total. The zero-order valence-electron chi connectivity index (χ0n) is 17.2. The Morgan fingerprint density at radius 2 is 1.29 bits per heavy atom. The maximum Gasteiger partial charge on any atom is 3.00 e. The van der Waals surface area contributed by atoms with Gasteiger partial charge in [-0.2, -0.15) is 0 Å². The van der Waals surface area contributed by atoms with Crippen molar-refractivity contribution in [2.45, 2.75) is 32.9 Å². The van der Waals surface area contributed by atoms with Crippen molar-refractivity contribution in [2.24, 2.45) is 0 Å². The Labute approximate surface area is 200 Å². The van der Waals surface area contributed by atoms with Crippen LogP contribution >= 0.6 is 0 Å². The normalized spacial score (nSPS) is 20.8. The molecule has 1 aliphatic heterocycles. The smallest absolute Gasteiger partial charge is 0.851 e. The summed E-state index contributed by atoms with van der Waals surface area (Å²) >= 11 is 0. The molecule has 1 unspecified atom stereocenters. The number of carbonyl (C=O) groups is 2. The van der Waals surface area contributed by atoms with Gasteiger partial charge >= 0.3 is 45.9 Å². The molecule has 28 heavy (non-hydrogen) atoms. The van der Waals surface area contributed by atoms with E-state index in [1.165, 1.54) is 0 Å². The number of rotatable bonds is 7. The van der Waals surface area contributed by atoms with E-state index < -0.39 is 18.0 Å². The van der Waals surface area contributed by atoms with Crippen LogP contribution in [0.15, 0.2) is 0 Å². The summed E-state index contributed by atoms with van der Waals surface area (Å²) < 4.78 is 0. The molecule has 0 bridgehead atoms. The fourth-order valence-electron chi connectivity index (χ4n) is 3.31. The van der Waals surface area contributed by atoms with Crippen LogP contribution < -0.4 is 10.2 Å². The zero-order valence-corrected chi connectivity index (χ0v) is 19.4. The average Bonchev–Trinajstić information content (AvgIpc) is 2.53. The summed E-state index contributed by atoms with van der Waals surface area (Å²) in [5.74, 6) is -1.96. The van der Waals surface area contributed by atoms with E-state index in [1.54, 1.807) is 6.92 Å². The van der Waals surface area contributed by atoms with Crippen molar-refractivity contribution in [1.82, 2.24) is 19.6 Å². The Morgan fingerprint density at radius 3 is 1.68 bits per heavy atom. The Kier molecular flexibility index (Phi) is 15.0. The molecule has 1 heterocycles. The molecule has 0 spiro atoms. The van der Waals surface area contributed by atoms with E-state index in [0.29, 0.717) is 58.9 Å². The van der Waals surface area contributed by atoms with Gasteiger partial charge in [0.1, 0.15) is 0 Å². The van der Waals surface area contributed by atoms with Crippen molar-refractivity contribution in [2.75, 3.05) is 72.0 Å². The van der Waals surface area contributed by atoms with E-state index >= 15 is 0 Å². The van der Waals surface area contributed by atoms with Gasteiger partial charge in [-0.05, 0) is 20.4 Å². The van der Waals surface area contributed by atoms with Gasteiger partial charge in [0.05, 0.1) is 12.5 Å². The summed E-state index contributed by atoms with van der Waals surface area (Å²) in [6.45, 7) is 10.8. The van der Waals surface area contributed by atoms with Gasteiger partial charge in [-0.3, -0.25) is 19.5 Å². The quantitative estimate of drug-likeness (QED) is 0.364. The molecule has 163 valence electrons. The predicted octanol–water partition coefficient (Wildman–Crippen LogP) is -2.80. The largest absolute Gasteiger partial charge is 3.00 e. The molecule has 1 radical (unpaired) electrons. The second-order valence-electron chi connectivity index (χ2n) is 7.56. The molecule has 0 aliphatic carbocycles. The summed E-state index contributed by atoms with van der Waals surface area (Å²) in [5.41, 5.74) is 0. The SMILES string of the molecule is CC([O-])CN1CCN(CC(=O)[O-])CCN(C(C)C)CCN(CC(=O)O)CC1.[Gd+3]. The molecule has 0 aromatic carbocycles. The Morgan fingerprint density at radius 1 is 0.857 bits per heavy atom.